The second kappa shape index (κ2) is 6.06. The van der Waals surface area contributed by atoms with Crippen molar-refractivity contribution in [3.63, 3.8) is 0 Å². The average molecular weight is 333 g/mol. The molecule has 20 heavy (non-hydrogen) atoms. The summed E-state index contributed by atoms with van der Waals surface area (Å²) >= 11 is 3.53. The zero-order valence-electron chi connectivity index (χ0n) is 11.3. The molecule has 0 aliphatic carbocycles. The Morgan fingerprint density at radius 2 is 1.95 bits per heavy atom. The molecular formula is C16H14BrFN2. The van der Waals surface area contributed by atoms with Crippen LogP contribution in [0.4, 0.5) is 10.1 Å². The number of anilines is 1. The molecule has 0 saturated carbocycles. The number of nitrogens with zero attached hydrogens (tertiary/aromatic N) is 1. The lowest BCUT2D eigenvalue weighted by molar-refractivity contribution is 0.625. The molecule has 0 spiro atoms. The van der Waals surface area contributed by atoms with Crippen molar-refractivity contribution in [1.29, 1.82) is 5.26 Å². The molecule has 0 unspecified atom stereocenters. The number of halogens is 2. The highest BCUT2D eigenvalue weighted by atomic mass is 79.9. The van der Waals surface area contributed by atoms with Gasteiger partial charge in [-0.15, -0.1) is 0 Å². The Labute approximate surface area is 126 Å². The van der Waals surface area contributed by atoms with Crippen LogP contribution in [0.25, 0.3) is 0 Å². The maximum Gasteiger partial charge on any atom is 0.124 e. The third kappa shape index (κ3) is 3.37. The molecule has 0 heterocycles. The van der Waals surface area contributed by atoms with Gasteiger partial charge < -0.3 is 5.32 Å². The van der Waals surface area contributed by atoms with E-state index in [1.807, 2.05) is 26.0 Å². The minimum Gasteiger partial charge on any atom is -0.380 e. The number of hydrogen-bond acceptors (Lipinski definition) is 2. The van der Waals surface area contributed by atoms with E-state index in [1.54, 1.807) is 6.07 Å². The lowest BCUT2D eigenvalue weighted by atomic mass is 10.1. The standard InChI is InChI=1S/C16H14BrFN2/c1-10-3-11(2)16(15(17)4-10)20-9-13-5-12(8-19)6-14(18)7-13/h3-7,20H,9H2,1-2H3. The van der Waals surface area contributed by atoms with E-state index >= 15 is 0 Å². The van der Waals surface area contributed by atoms with Crippen molar-refractivity contribution in [2.24, 2.45) is 0 Å². The van der Waals surface area contributed by atoms with Crippen LogP contribution in [0.3, 0.4) is 0 Å². The van der Waals surface area contributed by atoms with E-state index < -0.39 is 0 Å². The van der Waals surface area contributed by atoms with Gasteiger partial charge in [-0.2, -0.15) is 5.26 Å². The summed E-state index contributed by atoms with van der Waals surface area (Å²) in [7, 11) is 0. The smallest absolute Gasteiger partial charge is 0.124 e. The van der Waals surface area contributed by atoms with Crippen molar-refractivity contribution in [3.05, 3.63) is 62.9 Å². The van der Waals surface area contributed by atoms with Gasteiger partial charge in [-0.05, 0) is 70.7 Å². The zero-order chi connectivity index (χ0) is 14.7. The molecule has 0 aliphatic heterocycles. The third-order valence-corrected chi connectivity index (χ3v) is 3.61. The largest absolute Gasteiger partial charge is 0.380 e. The Morgan fingerprint density at radius 1 is 1.20 bits per heavy atom. The fourth-order valence-corrected chi connectivity index (χ4v) is 2.96. The summed E-state index contributed by atoms with van der Waals surface area (Å²) in [5.41, 5.74) is 4.36. The van der Waals surface area contributed by atoms with E-state index in [1.165, 1.54) is 17.7 Å². The van der Waals surface area contributed by atoms with Crippen LogP contribution in [0, 0.1) is 31.0 Å². The fourth-order valence-electron chi connectivity index (χ4n) is 2.15. The summed E-state index contributed by atoms with van der Waals surface area (Å²) in [5.74, 6) is -0.388. The molecule has 0 fully saturated rings. The summed E-state index contributed by atoms with van der Waals surface area (Å²) in [6, 6.07) is 10.4. The van der Waals surface area contributed by atoms with Gasteiger partial charge in [-0.1, -0.05) is 6.07 Å². The van der Waals surface area contributed by atoms with E-state index in [2.05, 4.69) is 27.3 Å². The van der Waals surface area contributed by atoms with Gasteiger partial charge in [0.25, 0.3) is 0 Å². The maximum atomic E-state index is 13.4. The van der Waals surface area contributed by atoms with Gasteiger partial charge in [-0.25, -0.2) is 4.39 Å². The molecule has 1 N–H and O–H groups in total. The topological polar surface area (TPSA) is 35.8 Å². The first kappa shape index (κ1) is 14.5. The molecule has 102 valence electrons. The average Bonchev–Trinajstić information content (AvgIpc) is 2.36. The van der Waals surface area contributed by atoms with Crippen LogP contribution in [0.5, 0.6) is 0 Å². The lowest BCUT2D eigenvalue weighted by Gasteiger charge is -2.13. The number of hydrogen-bond donors (Lipinski definition) is 1. The molecular weight excluding hydrogens is 319 g/mol. The van der Waals surface area contributed by atoms with Crippen LogP contribution in [-0.4, -0.2) is 0 Å². The molecule has 0 aromatic heterocycles. The van der Waals surface area contributed by atoms with Crippen molar-refractivity contribution >= 4 is 21.6 Å². The van der Waals surface area contributed by atoms with E-state index in [-0.39, 0.29) is 5.82 Å². The summed E-state index contributed by atoms with van der Waals surface area (Å²) in [4.78, 5) is 0. The van der Waals surface area contributed by atoms with E-state index in [4.69, 9.17) is 5.26 Å². The number of nitriles is 1. The Hall–Kier alpha value is -1.86. The Kier molecular flexibility index (Phi) is 4.41. The van der Waals surface area contributed by atoms with Crippen molar-refractivity contribution in [3.8, 4) is 6.07 Å². The Balaban J connectivity index is 2.21. The van der Waals surface area contributed by atoms with Crippen LogP contribution in [0.1, 0.15) is 22.3 Å². The number of aryl methyl sites for hydroxylation is 2. The van der Waals surface area contributed by atoms with Gasteiger partial charge in [0.2, 0.25) is 0 Å². The zero-order valence-corrected chi connectivity index (χ0v) is 12.9. The van der Waals surface area contributed by atoms with E-state index in [0.29, 0.717) is 12.1 Å². The lowest BCUT2D eigenvalue weighted by Crippen LogP contribution is -2.03. The molecule has 2 nitrogen and oxygen atoms in total. The Bertz CT molecular complexity index is 666. The Morgan fingerprint density at radius 3 is 2.60 bits per heavy atom. The molecule has 0 bridgehead atoms. The van der Waals surface area contributed by atoms with Crippen molar-refractivity contribution in [1.82, 2.24) is 0 Å². The van der Waals surface area contributed by atoms with E-state index in [0.717, 1.165) is 21.3 Å². The summed E-state index contributed by atoms with van der Waals surface area (Å²) in [6.45, 7) is 4.52. The van der Waals surface area contributed by atoms with Crippen LogP contribution in [0.2, 0.25) is 0 Å². The first-order valence-corrected chi connectivity index (χ1v) is 6.99. The molecule has 2 aromatic rings. The van der Waals surface area contributed by atoms with Crippen LogP contribution >= 0.6 is 15.9 Å². The predicted molar refractivity (Wildman–Crippen MR) is 82.1 cm³/mol. The molecule has 0 atom stereocenters. The van der Waals surface area contributed by atoms with Crippen molar-refractivity contribution in [2.45, 2.75) is 20.4 Å². The van der Waals surface area contributed by atoms with Crippen molar-refractivity contribution < 1.29 is 4.39 Å². The van der Waals surface area contributed by atoms with E-state index in [9.17, 15) is 4.39 Å². The van der Waals surface area contributed by atoms with Gasteiger partial charge >= 0.3 is 0 Å². The maximum absolute atomic E-state index is 13.4. The second-order valence-corrected chi connectivity index (χ2v) is 5.61. The first-order valence-electron chi connectivity index (χ1n) is 6.20. The van der Waals surface area contributed by atoms with Crippen molar-refractivity contribution in [2.75, 3.05) is 5.32 Å². The number of nitrogens with one attached hydrogen (secondary N) is 1. The molecule has 0 amide bonds. The molecule has 0 aliphatic rings. The highest BCUT2D eigenvalue weighted by Gasteiger charge is 2.06. The van der Waals surface area contributed by atoms with Crippen LogP contribution < -0.4 is 5.32 Å². The highest BCUT2D eigenvalue weighted by Crippen LogP contribution is 2.28. The summed E-state index contributed by atoms with van der Waals surface area (Å²) < 4.78 is 14.3. The SMILES string of the molecule is Cc1cc(C)c(NCc2cc(F)cc(C#N)c2)c(Br)c1. The van der Waals surface area contributed by atoms with Gasteiger partial charge in [-0.3, -0.25) is 0 Å². The summed E-state index contributed by atoms with van der Waals surface area (Å²) in [6.07, 6.45) is 0. The molecule has 2 rings (SSSR count). The predicted octanol–water partition coefficient (Wildman–Crippen LogP) is 4.69. The quantitative estimate of drug-likeness (QED) is 0.885. The minimum atomic E-state index is -0.388. The first-order chi connectivity index (χ1) is 9.49. The second-order valence-electron chi connectivity index (χ2n) is 4.75. The van der Waals surface area contributed by atoms with Gasteiger partial charge in [0.15, 0.2) is 0 Å². The van der Waals surface area contributed by atoms with Crippen LogP contribution in [0.15, 0.2) is 34.8 Å². The fraction of sp³-hybridized carbons (Fsp3) is 0.188. The monoisotopic (exact) mass is 332 g/mol. The normalized spacial score (nSPS) is 10.2. The number of benzene rings is 2. The van der Waals surface area contributed by atoms with Gasteiger partial charge in [0.05, 0.1) is 17.3 Å². The minimum absolute atomic E-state index is 0.335. The van der Waals surface area contributed by atoms with Gasteiger partial charge in [0.1, 0.15) is 5.82 Å². The molecule has 2 aromatic carbocycles. The molecule has 4 heteroatoms. The van der Waals surface area contributed by atoms with Gasteiger partial charge in [0, 0.05) is 11.0 Å². The third-order valence-electron chi connectivity index (χ3n) is 2.99. The molecule has 0 radical (unpaired) electrons. The van der Waals surface area contributed by atoms with Crippen LogP contribution in [-0.2, 0) is 6.54 Å². The highest BCUT2D eigenvalue weighted by molar-refractivity contribution is 9.10. The summed E-state index contributed by atoms with van der Waals surface area (Å²) in [5, 5.41) is 12.1. The molecule has 0 saturated heterocycles. The number of rotatable bonds is 3.